The number of aliphatic carboxylic acids is 1. The molecule has 2 atom stereocenters. The highest BCUT2D eigenvalue weighted by atomic mass is 16.4. The molecule has 1 aromatic carbocycles. The molecular weight excluding hydrogens is 238 g/mol. The van der Waals surface area contributed by atoms with Crippen molar-refractivity contribution in [3.8, 4) is 0 Å². The van der Waals surface area contributed by atoms with Gasteiger partial charge in [-0.25, -0.2) is 0 Å². The summed E-state index contributed by atoms with van der Waals surface area (Å²) < 4.78 is 0. The number of hydrogen-bond donors (Lipinski definition) is 1. The summed E-state index contributed by atoms with van der Waals surface area (Å²) in [4.78, 5) is 13.2. The lowest BCUT2D eigenvalue weighted by Crippen LogP contribution is -2.42. The number of benzene rings is 1. The van der Waals surface area contributed by atoms with E-state index in [1.165, 1.54) is 5.56 Å². The Bertz CT molecular complexity index is 389. The Morgan fingerprint density at radius 3 is 2.21 bits per heavy atom. The largest absolute Gasteiger partial charge is 0.480 e. The van der Waals surface area contributed by atoms with E-state index in [2.05, 4.69) is 44.7 Å². The molecule has 0 saturated heterocycles. The first-order valence-electron chi connectivity index (χ1n) is 6.99. The molecule has 0 aliphatic heterocycles. The maximum absolute atomic E-state index is 11.1. The zero-order chi connectivity index (χ0) is 14.4. The second-order valence-electron chi connectivity index (χ2n) is 5.42. The summed E-state index contributed by atoms with van der Waals surface area (Å²) in [7, 11) is 0. The molecule has 1 rings (SSSR count). The van der Waals surface area contributed by atoms with Crippen LogP contribution in [0.5, 0.6) is 0 Å². The fourth-order valence-electron chi connectivity index (χ4n) is 2.53. The third-order valence-corrected chi connectivity index (χ3v) is 3.60. The molecule has 3 heteroatoms. The van der Waals surface area contributed by atoms with Gasteiger partial charge in [0.1, 0.15) is 0 Å². The predicted octanol–water partition coefficient (Wildman–Crippen LogP) is 3.57. The molecule has 2 unspecified atom stereocenters. The molecule has 0 amide bonds. The minimum Gasteiger partial charge on any atom is -0.480 e. The van der Waals surface area contributed by atoms with Crippen LogP contribution in [0.15, 0.2) is 30.3 Å². The minimum atomic E-state index is -0.762. The molecule has 3 nitrogen and oxygen atoms in total. The molecule has 0 aliphatic carbocycles. The van der Waals surface area contributed by atoms with Crippen LogP contribution < -0.4 is 0 Å². The van der Waals surface area contributed by atoms with Crippen LogP contribution in [0, 0.1) is 5.92 Å². The van der Waals surface area contributed by atoms with Crippen molar-refractivity contribution in [2.75, 3.05) is 6.54 Å². The van der Waals surface area contributed by atoms with Gasteiger partial charge in [-0.05, 0) is 24.8 Å². The van der Waals surface area contributed by atoms with Gasteiger partial charge in [-0.3, -0.25) is 9.69 Å². The lowest BCUT2D eigenvalue weighted by molar-refractivity contribution is -0.140. The maximum atomic E-state index is 11.1. The monoisotopic (exact) mass is 263 g/mol. The van der Waals surface area contributed by atoms with Crippen molar-refractivity contribution in [3.63, 3.8) is 0 Å². The Morgan fingerprint density at radius 1 is 1.21 bits per heavy atom. The lowest BCUT2D eigenvalue weighted by Gasteiger charge is -2.37. The highest BCUT2D eigenvalue weighted by Gasteiger charge is 2.28. The van der Waals surface area contributed by atoms with Crippen LogP contribution in [0.25, 0.3) is 0 Å². The van der Waals surface area contributed by atoms with Gasteiger partial charge in [0.25, 0.3) is 0 Å². The van der Waals surface area contributed by atoms with Crippen LogP contribution in [-0.2, 0) is 4.79 Å². The Morgan fingerprint density at radius 2 is 1.79 bits per heavy atom. The smallest absolute Gasteiger partial charge is 0.317 e. The fraction of sp³-hybridized carbons (Fsp3) is 0.562. The van der Waals surface area contributed by atoms with Gasteiger partial charge in [0.2, 0.25) is 0 Å². The van der Waals surface area contributed by atoms with Crippen LogP contribution in [0.3, 0.4) is 0 Å². The first kappa shape index (κ1) is 15.7. The molecule has 0 fully saturated rings. The second kappa shape index (κ2) is 7.29. The van der Waals surface area contributed by atoms with Gasteiger partial charge < -0.3 is 5.11 Å². The highest BCUT2D eigenvalue weighted by Crippen LogP contribution is 2.30. The van der Waals surface area contributed by atoms with Gasteiger partial charge in [-0.2, -0.15) is 0 Å². The zero-order valence-electron chi connectivity index (χ0n) is 12.3. The Labute approximate surface area is 116 Å². The van der Waals surface area contributed by atoms with E-state index in [0.717, 1.165) is 6.42 Å². The van der Waals surface area contributed by atoms with E-state index in [1.807, 2.05) is 18.2 Å². The van der Waals surface area contributed by atoms with Crippen LogP contribution >= 0.6 is 0 Å². The highest BCUT2D eigenvalue weighted by molar-refractivity contribution is 5.69. The first-order valence-corrected chi connectivity index (χ1v) is 6.99. The molecule has 0 saturated carbocycles. The van der Waals surface area contributed by atoms with E-state index in [0.29, 0.717) is 5.92 Å². The first-order chi connectivity index (χ1) is 8.97. The number of rotatable bonds is 7. The zero-order valence-corrected chi connectivity index (χ0v) is 12.3. The molecule has 0 radical (unpaired) electrons. The van der Waals surface area contributed by atoms with Crippen LogP contribution in [0.4, 0.5) is 0 Å². The molecule has 19 heavy (non-hydrogen) atoms. The van der Waals surface area contributed by atoms with Crippen molar-refractivity contribution in [3.05, 3.63) is 35.9 Å². The van der Waals surface area contributed by atoms with Gasteiger partial charge in [-0.15, -0.1) is 0 Å². The number of carboxylic acid groups (broad SMARTS) is 1. The fourth-order valence-corrected chi connectivity index (χ4v) is 2.53. The molecule has 0 heterocycles. The summed E-state index contributed by atoms with van der Waals surface area (Å²) in [6, 6.07) is 10.6. The number of carbonyl (C=O) groups is 1. The molecule has 106 valence electrons. The molecule has 1 aromatic rings. The average molecular weight is 263 g/mol. The van der Waals surface area contributed by atoms with Crippen molar-refractivity contribution in [1.29, 1.82) is 0 Å². The minimum absolute atomic E-state index is 0.0900. The van der Waals surface area contributed by atoms with Crippen molar-refractivity contribution >= 4 is 5.97 Å². The van der Waals surface area contributed by atoms with Gasteiger partial charge >= 0.3 is 5.97 Å². The Hall–Kier alpha value is -1.35. The van der Waals surface area contributed by atoms with E-state index in [4.69, 9.17) is 5.11 Å². The molecule has 0 bridgehead atoms. The molecule has 1 N–H and O–H groups in total. The molecule has 0 spiro atoms. The normalized spacial score (nSPS) is 14.6. The quantitative estimate of drug-likeness (QED) is 0.817. The molecular formula is C16H25NO2. The van der Waals surface area contributed by atoms with Gasteiger partial charge in [0.05, 0.1) is 6.54 Å². The van der Waals surface area contributed by atoms with Gasteiger partial charge in [-0.1, -0.05) is 51.1 Å². The maximum Gasteiger partial charge on any atom is 0.317 e. The average Bonchev–Trinajstić information content (AvgIpc) is 2.37. The standard InChI is InChI=1S/C16H25NO2/c1-5-13(4)17(11-15(18)19)16(12(2)3)14-9-7-6-8-10-14/h6-10,12-13,16H,5,11H2,1-4H3,(H,18,19). The van der Waals surface area contributed by atoms with Crippen LogP contribution in [0.1, 0.15) is 45.7 Å². The van der Waals surface area contributed by atoms with E-state index in [1.54, 1.807) is 0 Å². The van der Waals surface area contributed by atoms with E-state index in [-0.39, 0.29) is 18.6 Å². The van der Waals surface area contributed by atoms with E-state index < -0.39 is 5.97 Å². The van der Waals surface area contributed by atoms with Crippen LogP contribution in [0.2, 0.25) is 0 Å². The summed E-state index contributed by atoms with van der Waals surface area (Å²) >= 11 is 0. The summed E-state index contributed by atoms with van der Waals surface area (Å²) in [6.45, 7) is 8.58. The van der Waals surface area contributed by atoms with E-state index >= 15 is 0 Å². The third-order valence-electron chi connectivity index (χ3n) is 3.60. The molecule has 0 aliphatic rings. The topological polar surface area (TPSA) is 40.5 Å². The SMILES string of the molecule is CCC(C)N(CC(=O)O)C(c1ccccc1)C(C)C. The van der Waals surface area contributed by atoms with Gasteiger partial charge in [0.15, 0.2) is 0 Å². The van der Waals surface area contributed by atoms with Gasteiger partial charge in [0, 0.05) is 12.1 Å². The van der Waals surface area contributed by atoms with Crippen molar-refractivity contribution in [1.82, 2.24) is 4.90 Å². The van der Waals surface area contributed by atoms with Crippen LogP contribution in [-0.4, -0.2) is 28.6 Å². The number of nitrogens with zero attached hydrogens (tertiary/aromatic N) is 1. The summed E-state index contributed by atoms with van der Waals surface area (Å²) in [5.41, 5.74) is 1.19. The molecule has 0 aromatic heterocycles. The Kier molecular flexibility index (Phi) is 6.03. The van der Waals surface area contributed by atoms with Crippen molar-refractivity contribution in [2.45, 2.75) is 46.2 Å². The lowest BCUT2D eigenvalue weighted by atomic mass is 9.93. The predicted molar refractivity (Wildman–Crippen MR) is 78.1 cm³/mol. The number of carboxylic acids is 1. The van der Waals surface area contributed by atoms with E-state index in [9.17, 15) is 4.79 Å². The Balaban J connectivity index is 3.08. The summed E-state index contributed by atoms with van der Waals surface area (Å²) in [5, 5.41) is 9.16. The number of hydrogen-bond acceptors (Lipinski definition) is 2. The second-order valence-corrected chi connectivity index (χ2v) is 5.42. The van der Waals surface area contributed by atoms with Crippen molar-refractivity contribution in [2.24, 2.45) is 5.92 Å². The summed E-state index contributed by atoms with van der Waals surface area (Å²) in [5.74, 6) is -0.391. The summed E-state index contributed by atoms with van der Waals surface area (Å²) in [6.07, 6.45) is 0.948. The van der Waals surface area contributed by atoms with Crippen molar-refractivity contribution < 1.29 is 9.90 Å². The third kappa shape index (κ3) is 4.35.